The van der Waals surface area contributed by atoms with Crippen LogP contribution in [0.5, 0.6) is 0 Å². The Balaban J connectivity index is 1.68. The van der Waals surface area contributed by atoms with Crippen LogP contribution < -0.4 is 0 Å². The maximum absolute atomic E-state index is 13.7. The lowest BCUT2D eigenvalue weighted by Gasteiger charge is -2.28. The predicted molar refractivity (Wildman–Crippen MR) is 137 cm³/mol. The first-order chi connectivity index (χ1) is 16.9. The summed E-state index contributed by atoms with van der Waals surface area (Å²) >= 11 is 12.2. The molecule has 0 radical (unpaired) electrons. The molecule has 1 amide bonds. The Kier molecular flexibility index (Phi) is 7.70. The van der Waals surface area contributed by atoms with E-state index in [2.05, 4.69) is 9.97 Å². The summed E-state index contributed by atoms with van der Waals surface area (Å²) in [6.07, 6.45) is 1.33. The lowest BCUT2D eigenvalue weighted by molar-refractivity contribution is 0.0674. The maximum Gasteiger partial charge on any atom is 0.274 e. The number of halogens is 2. The number of rotatable bonds is 7. The molecule has 1 saturated heterocycles. The molecule has 36 heavy (non-hydrogen) atoms. The Labute approximate surface area is 220 Å². The largest absolute Gasteiger partial charge is 0.329 e. The Morgan fingerprint density at radius 3 is 2.47 bits per heavy atom. The third kappa shape index (κ3) is 6.23. The summed E-state index contributed by atoms with van der Waals surface area (Å²) in [4.78, 5) is 23.0. The van der Waals surface area contributed by atoms with E-state index in [0.29, 0.717) is 10.6 Å². The van der Waals surface area contributed by atoms with Crippen LogP contribution >= 0.6 is 23.2 Å². The molecule has 0 saturated carbocycles. The highest BCUT2D eigenvalue weighted by Crippen LogP contribution is 2.26. The topological polar surface area (TPSA) is 114 Å². The van der Waals surface area contributed by atoms with E-state index in [4.69, 9.17) is 23.2 Å². The van der Waals surface area contributed by atoms with Gasteiger partial charge in [-0.1, -0.05) is 65.2 Å². The molecule has 3 aromatic rings. The molecule has 1 aliphatic rings. The fraction of sp³-hybridized carbons (Fsp3) is 0.292. The number of hydrogen-bond acceptors (Lipinski definition) is 7. The quantitative estimate of drug-likeness (QED) is 0.397. The van der Waals surface area contributed by atoms with Crippen molar-refractivity contribution in [2.24, 2.45) is 0 Å². The van der Waals surface area contributed by atoms with Gasteiger partial charge < -0.3 is 4.90 Å². The summed E-state index contributed by atoms with van der Waals surface area (Å²) in [5.74, 6) is -1.27. The monoisotopic (exact) mass is 567 g/mol. The number of carbonyl (C=O) groups is 1. The molecule has 8 nitrogen and oxygen atoms in total. The first-order valence-electron chi connectivity index (χ1n) is 11.0. The molecular formula is C24H23Cl2N3O5S2. The van der Waals surface area contributed by atoms with Crippen molar-refractivity contribution in [2.45, 2.75) is 36.8 Å². The third-order valence-corrected chi connectivity index (χ3v) is 9.56. The summed E-state index contributed by atoms with van der Waals surface area (Å²) in [6, 6.07) is 13.2. The van der Waals surface area contributed by atoms with Gasteiger partial charge in [0.05, 0.1) is 28.5 Å². The number of aromatic nitrogens is 2. The van der Waals surface area contributed by atoms with Crippen LogP contribution in [0.3, 0.4) is 0 Å². The number of hydrogen-bond donors (Lipinski definition) is 0. The zero-order valence-electron chi connectivity index (χ0n) is 19.3. The third-order valence-electron chi connectivity index (χ3n) is 5.82. The van der Waals surface area contributed by atoms with E-state index in [9.17, 15) is 21.6 Å². The first kappa shape index (κ1) is 26.5. The standard InChI is InChI=1S/C24H23Cl2N3O5S2/c1-16-3-2-4-18(11-16)14-36(33,34)24-27-12-21(26)22(28-24)23(30)29(20-9-10-35(31,32)15-20)13-17-5-7-19(25)8-6-17/h2-8,11-12,20H,9-10,13-15H2,1H3. The molecule has 2 aromatic carbocycles. The normalized spacial score (nSPS) is 17.1. The lowest BCUT2D eigenvalue weighted by atomic mass is 10.1. The lowest BCUT2D eigenvalue weighted by Crippen LogP contribution is -2.41. The SMILES string of the molecule is Cc1cccc(CS(=O)(=O)c2ncc(Cl)c(C(=O)N(Cc3ccc(Cl)cc3)C3CCS(=O)(=O)C3)n2)c1. The minimum Gasteiger partial charge on any atom is -0.329 e. The molecule has 0 spiro atoms. The first-order valence-corrected chi connectivity index (χ1v) is 15.2. The van der Waals surface area contributed by atoms with E-state index in [0.717, 1.165) is 17.3 Å². The number of amides is 1. The number of carbonyl (C=O) groups excluding carboxylic acids is 1. The molecule has 1 aliphatic heterocycles. The predicted octanol–water partition coefficient (Wildman–Crippen LogP) is 3.90. The molecule has 0 N–H and O–H groups in total. The highest BCUT2D eigenvalue weighted by atomic mass is 35.5. The van der Waals surface area contributed by atoms with E-state index in [1.807, 2.05) is 13.0 Å². The van der Waals surface area contributed by atoms with Crippen LogP contribution in [0.15, 0.2) is 59.9 Å². The Bertz CT molecular complexity index is 1510. The van der Waals surface area contributed by atoms with Crippen molar-refractivity contribution in [3.63, 3.8) is 0 Å². The molecular weight excluding hydrogens is 545 g/mol. The number of nitrogens with zero attached hydrogens (tertiary/aromatic N) is 3. The zero-order chi connectivity index (χ0) is 26.1. The van der Waals surface area contributed by atoms with Crippen LogP contribution in [0.4, 0.5) is 0 Å². The summed E-state index contributed by atoms with van der Waals surface area (Å²) in [5.41, 5.74) is 1.88. The van der Waals surface area contributed by atoms with E-state index >= 15 is 0 Å². The van der Waals surface area contributed by atoms with Gasteiger partial charge in [-0.3, -0.25) is 4.79 Å². The molecule has 12 heteroatoms. The molecule has 2 heterocycles. The molecule has 1 unspecified atom stereocenters. The molecule has 0 aliphatic carbocycles. The van der Waals surface area contributed by atoms with Gasteiger partial charge in [0.1, 0.15) is 0 Å². The van der Waals surface area contributed by atoms with Crippen LogP contribution in [0.25, 0.3) is 0 Å². The number of sulfone groups is 2. The average molecular weight is 569 g/mol. The van der Waals surface area contributed by atoms with Crippen molar-refractivity contribution in [1.29, 1.82) is 0 Å². The van der Waals surface area contributed by atoms with Gasteiger partial charge >= 0.3 is 0 Å². The van der Waals surface area contributed by atoms with Crippen LogP contribution in [-0.2, 0) is 32.0 Å². The van der Waals surface area contributed by atoms with E-state index < -0.39 is 36.8 Å². The van der Waals surface area contributed by atoms with Crippen molar-refractivity contribution >= 4 is 48.8 Å². The highest BCUT2D eigenvalue weighted by Gasteiger charge is 2.36. The summed E-state index contributed by atoms with van der Waals surface area (Å²) < 4.78 is 50.4. The van der Waals surface area contributed by atoms with Crippen molar-refractivity contribution < 1.29 is 21.6 Å². The molecule has 1 fully saturated rings. The van der Waals surface area contributed by atoms with Gasteiger partial charge in [-0.2, -0.15) is 0 Å². The Morgan fingerprint density at radius 2 is 1.83 bits per heavy atom. The molecule has 0 bridgehead atoms. The van der Waals surface area contributed by atoms with Gasteiger partial charge in [0, 0.05) is 17.6 Å². The molecule has 4 rings (SSSR count). The average Bonchev–Trinajstić information content (AvgIpc) is 3.17. The van der Waals surface area contributed by atoms with Crippen LogP contribution in [0, 0.1) is 6.92 Å². The zero-order valence-corrected chi connectivity index (χ0v) is 22.4. The Hall–Kier alpha value is -2.53. The smallest absolute Gasteiger partial charge is 0.274 e. The minimum absolute atomic E-state index is 0.0459. The van der Waals surface area contributed by atoms with Gasteiger partial charge in [0.2, 0.25) is 15.0 Å². The van der Waals surface area contributed by atoms with E-state index in [1.165, 1.54) is 4.90 Å². The number of aryl methyl sites for hydroxylation is 1. The van der Waals surface area contributed by atoms with Crippen molar-refractivity contribution in [3.8, 4) is 0 Å². The van der Waals surface area contributed by atoms with Crippen molar-refractivity contribution in [2.75, 3.05) is 11.5 Å². The van der Waals surface area contributed by atoms with E-state index in [1.54, 1.807) is 42.5 Å². The Morgan fingerprint density at radius 1 is 1.11 bits per heavy atom. The second-order valence-electron chi connectivity index (χ2n) is 8.71. The van der Waals surface area contributed by atoms with Gasteiger partial charge in [-0.25, -0.2) is 26.8 Å². The molecule has 1 aromatic heterocycles. The fourth-order valence-electron chi connectivity index (χ4n) is 4.05. The summed E-state index contributed by atoms with van der Waals surface area (Å²) in [7, 11) is -7.30. The second kappa shape index (κ2) is 10.5. The minimum atomic E-state index is -3.99. The second-order valence-corrected chi connectivity index (χ2v) is 13.7. The summed E-state index contributed by atoms with van der Waals surface area (Å²) in [5, 5.41) is -0.138. The van der Waals surface area contributed by atoms with Gasteiger partial charge in [0.15, 0.2) is 15.5 Å². The molecule has 190 valence electrons. The van der Waals surface area contributed by atoms with Crippen LogP contribution in [-0.4, -0.2) is 55.2 Å². The fourth-order valence-corrected chi connectivity index (χ4v) is 7.27. The molecule has 1 atom stereocenters. The van der Waals surface area contributed by atoms with Gasteiger partial charge in [-0.15, -0.1) is 0 Å². The van der Waals surface area contributed by atoms with Gasteiger partial charge in [0.25, 0.3) is 5.91 Å². The van der Waals surface area contributed by atoms with Crippen LogP contribution in [0.2, 0.25) is 10.0 Å². The number of benzene rings is 2. The van der Waals surface area contributed by atoms with Gasteiger partial charge in [-0.05, 0) is 36.6 Å². The summed E-state index contributed by atoms with van der Waals surface area (Å²) in [6.45, 7) is 1.92. The van der Waals surface area contributed by atoms with E-state index in [-0.39, 0.29) is 40.9 Å². The maximum atomic E-state index is 13.7. The highest BCUT2D eigenvalue weighted by molar-refractivity contribution is 7.91. The van der Waals surface area contributed by atoms with Crippen molar-refractivity contribution in [3.05, 3.63) is 87.2 Å². The van der Waals surface area contributed by atoms with Crippen molar-refractivity contribution in [1.82, 2.24) is 14.9 Å². The van der Waals surface area contributed by atoms with Crippen LogP contribution in [0.1, 0.15) is 33.6 Å².